The highest BCUT2D eigenvalue weighted by atomic mass is 16.1. The van der Waals surface area contributed by atoms with Gasteiger partial charge in [0.25, 0.3) is 0 Å². The zero-order valence-corrected chi connectivity index (χ0v) is 6.44. The third-order valence-electron chi connectivity index (χ3n) is 1.48. The molecule has 0 radical (unpaired) electrons. The molecule has 60 valence electrons. The van der Waals surface area contributed by atoms with Crippen molar-refractivity contribution < 1.29 is 9.59 Å². The molecule has 0 bridgehead atoms. The van der Waals surface area contributed by atoms with Crippen molar-refractivity contribution in [3.8, 4) is 0 Å². The highest BCUT2D eigenvalue weighted by Crippen LogP contribution is 2.09. The number of hydrogen-bond acceptors (Lipinski definition) is 2. The Morgan fingerprint density at radius 2 is 1.75 bits per heavy atom. The quantitative estimate of drug-likeness (QED) is 0.495. The lowest BCUT2D eigenvalue weighted by atomic mass is 10.1. The molecule has 0 unspecified atom stereocenters. The summed E-state index contributed by atoms with van der Waals surface area (Å²) in [6.07, 6.45) is 2.53. The van der Waals surface area contributed by atoms with Gasteiger partial charge in [0.2, 0.25) is 0 Å². The lowest BCUT2D eigenvalue weighted by molar-refractivity contribution is -0.105. The van der Waals surface area contributed by atoms with Gasteiger partial charge in [-0.05, 0) is 11.6 Å². The molecular weight excluding hydrogens is 152 g/mol. The van der Waals surface area contributed by atoms with Gasteiger partial charge in [0.1, 0.15) is 6.29 Å². The van der Waals surface area contributed by atoms with Gasteiger partial charge in [-0.2, -0.15) is 0 Å². The molecule has 12 heavy (non-hydrogen) atoms. The van der Waals surface area contributed by atoms with Crippen LogP contribution < -0.4 is 0 Å². The molecule has 2 heteroatoms. The molecular formula is C10H8O2. The van der Waals surface area contributed by atoms with Crippen molar-refractivity contribution in [1.29, 1.82) is 0 Å². The van der Waals surface area contributed by atoms with Crippen LogP contribution in [-0.2, 0) is 9.59 Å². The number of carbonyl (C=O) groups is 2. The molecule has 0 amide bonds. The van der Waals surface area contributed by atoms with Crippen molar-refractivity contribution in [3.63, 3.8) is 0 Å². The summed E-state index contributed by atoms with van der Waals surface area (Å²) in [6.45, 7) is 0. The second-order valence-corrected chi connectivity index (χ2v) is 2.24. The largest absolute Gasteiger partial charge is 0.299 e. The molecule has 0 saturated heterocycles. The van der Waals surface area contributed by atoms with E-state index < -0.39 is 0 Å². The SMILES string of the molecule is O=C/C=C(/C=O)c1ccccc1. The van der Waals surface area contributed by atoms with E-state index >= 15 is 0 Å². The maximum absolute atomic E-state index is 10.5. The number of hydrogen-bond donors (Lipinski definition) is 0. The van der Waals surface area contributed by atoms with Crippen LogP contribution in [0.5, 0.6) is 0 Å². The van der Waals surface area contributed by atoms with Gasteiger partial charge in [0, 0.05) is 5.57 Å². The second-order valence-electron chi connectivity index (χ2n) is 2.24. The molecule has 0 aliphatic rings. The lowest BCUT2D eigenvalue weighted by Gasteiger charge is -1.95. The Morgan fingerprint density at radius 1 is 1.08 bits per heavy atom. The van der Waals surface area contributed by atoms with Gasteiger partial charge >= 0.3 is 0 Å². The molecule has 1 rings (SSSR count). The van der Waals surface area contributed by atoms with E-state index in [1.54, 1.807) is 12.1 Å². The lowest BCUT2D eigenvalue weighted by Crippen LogP contribution is -1.84. The number of rotatable bonds is 3. The molecule has 2 nitrogen and oxygen atoms in total. The molecule has 1 aromatic rings. The Labute approximate surface area is 70.5 Å². The first kappa shape index (κ1) is 8.40. The predicted molar refractivity (Wildman–Crippen MR) is 46.5 cm³/mol. The Hall–Kier alpha value is -1.70. The number of benzene rings is 1. The Bertz CT molecular complexity index is 299. The van der Waals surface area contributed by atoms with Crippen LogP contribution in [0.15, 0.2) is 36.4 Å². The van der Waals surface area contributed by atoms with Crippen molar-refractivity contribution in [2.24, 2.45) is 0 Å². The van der Waals surface area contributed by atoms with Crippen LogP contribution in [0.25, 0.3) is 5.57 Å². The standard InChI is InChI=1S/C10H8O2/c11-7-6-10(8-12)9-4-2-1-3-5-9/h1-8H/b10-6-. The van der Waals surface area contributed by atoms with Crippen LogP contribution in [0.2, 0.25) is 0 Å². The molecule has 0 aliphatic carbocycles. The third-order valence-corrected chi connectivity index (χ3v) is 1.48. The van der Waals surface area contributed by atoms with E-state index in [1.807, 2.05) is 18.2 Å². The summed E-state index contributed by atoms with van der Waals surface area (Å²) in [7, 11) is 0. The van der Waals surface area contributed by atoms with Crippen molar-refractivity contribution in [2.45, 2.75) is 0 Å². The minimum Gasteiger partial charge on any atom is -0.299 e. The normalized spacial score (nSPS) is 10.8. The summed E-state index contributed by atoms with van der Waals surface area (Å²) in [5, 5.41) is 0. The van der Waals surface area contributed by atoms with Crippen LogP contribution in [0.3, 0.4) is 0 Å². The van der Waals surface area contributed by atoms with Crippen LogP contribution in [0, 0.1) is 0 Å². The van der Waals surface area contributed by atoms with Crippen LogP contribution >= 0.6 is 0 Å². The van der Waals surface area contributed by atoms with Crippen molar-refractivity contribution in [3.05, 3.63) is 42.0 Å². The van der Waals surface area contributed by atoms with Gasteiger partial charge in [0.15, 0.2) is 6.29 Å². The Morgan fingerprint density at radius 3 is 2.25 bits per heavy atom. The maximum Gasteiger partial charge on any atom is 0.150 e. The average Bonchev–Trinajstić information content (AvgIpc) is 2.15. The van der Waals surface area contributed by atoms with E-state index in [4.69, 9.17) is 0 Å². The van der Waals surface area contributed by atoms with E-state index in [2.05, 4.69) is 0 Å². The number of carbonyl (C=O) groups excluding carboxylic acids is 2. The molecule has 0 spiro atoms. The van der Waals surface area contributed by atoms with Crippen molar-refractivity contribution >= 4 is 18.1 Å². The highest BCUT2D eigenvalue weighted by Gasteiger charge is 1.96. The minimum absolute atomic E-state index is 0.408. The molecule has 0 aromatic heterocycles. The smallest absolute Gasteiger partial charge is 0.150 e. The molecule has 0 aliphatic heterocycles. The first-order chi connectivity index (χ1) is 5.88. The number of allylic oxidation sites excluding steroid dienone is 2. The van der Waals surface area contributed by atoms with Gasteiger partial charge < -0.3 is 0 Å². The average molecular weight is 160 g/mol. The molecule has 0 N–H and O–H groups in total. The van der Waals surface area contributed by atoms with Crippen molar-refractivity contribution in [2.75, 3.05) is 0 Å². The van der Waals surface area contributed by atoms with Crippen LogP contribution in [-0.4, -0.2) is 12.6 Å². The van der Waals surface area contributed by atoms with E-state index in [0.717, 1.165) is 5.56 Å². The van der Waals surface area contributed by atoms with E-state index in [9.17, 15) is 9.59 Å². The maximum atomic E-state index is 10.5. The topological polar surface area (TPSA) is 34.1 Å². The fourth-order valence-electron chi connectivity index (χ4n) is 0.907. The van der Waals surface area contributed by atoms with Crippen LogP contribution in [0.1, 0.15) is 5.56 Å². The summed E-state index contributed by atoms with van der Waals surface area (Å²) >= 11 is 0. The first-order valence-corrected chi connectivity index (χ1v) is 3.54. The zero-order valence-electron chi connectivity index (χ0n) is 6.44. The van der Waals surface area contributed by atoms with Gasteiger partial charge in [-0.1, -0.05) is 30.3 Å². The molecule has 0 fully saturated rings. The minimum atomic E-state index is 0.408. The van der Waals surface area contributed by atoms with Gasteiger partial charge in [0.05, 0.1) is 0 Å². The molecule has 1 aromatic carbocycles. The summed E-state index contributed by atoms with van der Waals surface area (Å²) in [6, 6.07) is 9.05. The zero-order chi connectivity index (χ0) is 8.81. The summed E-state index contributed by atoms with van der Waals surface area (Å²) in [5.41, 5.74) is 1.17. The first-order valence-electron chi connectivity index (χ1n) is 3.54. The summed E-state index contributed by atoms with van der Waals surface area (Å²) in [4.78, 5) is 20.6. The van der Waals surface area contributed by atoms with E-state index in [1.165, 1.54) is 6.08 Å². The second kappa shape index (κ2) is 4.23. The Balaban J connectivity index is 3.03. The summed E-state index contributed by atoms with van der Waals surface area (Å²) < 4.78 is 0. The fourth-order valence-corrected chi connectivity index (χ4v) is 0.907. The van der Waals surface area contributed by atoms with Gasteiger partial charge in [-0.25, -0.2) is 0 Å². The van der Waals surface area contributed by atoms with E-state index in [-0.39, 0.29) is 0 Å². The molecule has 0 atom stereocenters. The monoisotopic (exact) mass is 160 g/mol. The van der Waals surface area contributed by atoms with Crippen molar-refractivity contribution in [1.82, 2.24) is 0 Å². The highest BCUT2D eigenvalue weighted by molar-refractivity contribution is 6.10. The van der Waals surface area contributed by atoms with E-state index in [0.29, 0.717) is 18.1 Å². The van der Waals surface area contributed by atoms with Gasteiger partial charge in [-0.15, -0.1) is 0 Å². The predicted octanol–water partition coefficient (Wildman–Crippen LogP) is 1.47. The number of aldehydes is 2. The van der Waals surface area contributed by atoms with Crippen LogP contribution in [0.4, 0.5) is 0 Å². The fraction of sp³-hybridized carbons (Fsp3) is 0. The molecule has 0 saturated carbocycles. The third kappa shape index (κ3) is 1.89. The Kier molecular flexibility index (Phi) is 2.96. The van der Waals surface area contributed by atoms with Gasteiger partial charge in [-0.3, -0.25) is 9.59 Å². The summed E-state index contributed by atoms with van der Waals surface area (Å²) in [5.74, 6) is 0. The molecule has 0 heterocycles.